The highest BCUT2D eigenvalue weighted by Crippen LogP contribution is 2.18. The van der Waals surface area contributed by atoms with Gasteiger partial charge < -0.3 is 15.4 Å². The lowest BCUT2D eigenvalue weighted by atomic mass is 10.2. The minimum Gasteiger partial charge on any atom is -0.494 e. The Kier molecular flexibility index (Phi) is 8.74. The Morgan fingerprint density at radius 1 is 0.800 bits per heavy atom. The number of benzene rings is 2. The molecule has 3 nitrogen and oxygen atoms in total. The first-order valence-corrected chi connectivity index (χ1v) is 9.55. The monoisotopic (exact) mass is 340 g/mol. The van der Waals surface area contributed by atoms with Crippen molar-refractivity contribution in [1.82, 2.24) is 0 Å². The first-order valence-electron chi connectivity index (χ1n) is 9.55. The van der Waals surface area contributed by atoms with Crippen LogP contribution in [-0.2, 0) is 0 Å². The minimum absolute atomic E-state index is 0.808. The van der Waals surface area contributed by atoms with E-state index in [1.165, 1.54) is 36.9 Å². The average Bonchev–Trinajstić information content (AvgIpc) is 2.62. The van der Waals surface area contributed by atoms with Gasteiger partial charge in [-0.1, -0.05) is 50.8 Å². The van der Waals surface area contributed by atoms with E-state index in [9.17, 15) is 0 Å². The molecule has 0 bridgehead atoms. The van der Waals surface area contributed by atoms with Crippen molar-refractivity contribution < 1.29 is 4.74 Å². The quantitative estimate of drug-likeness (QED) is 0.474. The molecule has 0 saturated heterocycles. The smallest absolute Gasteiger partial charge is 0.121 e. The lowest BCUT2D eigenvalue weighted by molar-refractivity contribution is 0.304. The van der Waals surface area contributed by atoms with Crippen LogP contribution in [0, 0.1) is 6.92 Å². The molecule has 0 spiro atoms. The van der Waals surface area contributed by atoms with Gasteiger partial charge in [-0.15, -0.1) is 0 Å². The molecule has 0 saturated carbocycles. The molecule has 0 unspecified atom stereocenters. The molecule has 2 N–H and O–H groups in total. The largest absolute Gasteiger partial charge is 0.494 e. The summed E-state index contributed by atoms with van der Waals surface area (Å²) in [6.07, 6.45) is 6.33. The second-order valence-electron chi connectivity index (χ2n) is 6.51. The molecule has 0 aromatic heterocycles. The van der Waals surface area contributed by atoms with E-state index in [4.69, 9.17) is 4.74 Å². The Bertz CT molecular complexity index is 612. The molecule has 0 aliphatic carbocycles. The van der Waals surface area contributed by atoms with Crippen LogP contribution < -0.4 is 15.4 Å². The zero-order chi connectivity index (χ0) is 17.7. The fourth-order valence-corrected chi connectivity index (χ4v) is 2.76. The molecule has 0 radical (unpaired) electrons. The maximum atomic E-state index is 5.86. The number of nitrogens with one attached hydrogen (secondary N) is 2. The van der Waals surface area contributed by atoms with Gasteiger partial charge in [-0.05, 0) is 43.2 Å². The lowest BCUT2D eigenvalue weighted by Crippen LogP contribution is -2.13. The molecule has 0 aliphatic rings. The van der Waals surface area contributed by atoms with Crippen molar-refractivity contribution in [2.24, 2.45) is 0 Å². The van der Waals surface area contributed by atoms with Gasteiger partial charge in [0.1, 0.15) is 5.75 Å². The molecule has 0 heterocycles. The van der Waals surface area contributed by atoms with Gasteiger partial charge in [0, 0.05) is 30.5 Å². The van der Waals surface area contributed by atoms with Crippen molar-refractivity contribution >= 4 is 11.4 Å². The fraction of sp³-hybridized carbons (Fsp3) is 0.455. The second-order valence-corrected chi connectivity index (χ2v) is 6.51. The standard InChI is InChI=1S/C22H32N2O/c1-3-4-5-6-7-16-25-22-13-9-12-21(18-22)24-15-14-23-20-11-8-10-19(2)17-20/h8-13,17-18,23-24H,3-7,14-16H2,1-2H3. The summed E-state index contributed by atoms with van der Waals surface area (Å²) in [7, 11) is 0. The average molecular weight is 341 g/mol. The third kappa shape index (κ3) is 7.97. The summed E-state index contributed by atoms with van der Waals surface area (Å²) in [6, 6.07) is 16.7. The van der Waals surface area contributed by atoms with Gasteiger partial charge in [-0.25, -0.2) is 0 Å². The van der Waals surface area contributed by atoms with E-state index < -0.39 is 0 Å². The molecular weight excluding hydrogens is 308 g/mol. The van der Waals surface area contributed by atoms with Gasteiger partial charge in [-0.2, -0.15) is 0 Å². The number of rotatable bonds is 12. The Morgan fingerprint density at radius 2 is 1.48 bits per heavy atom. The highest BCUT2D eigenvalue weighted by atomic mass is 16.5. The van der Waals surface area contributed by atoms with E-state index in [1.807, 2.05) is 12.1 Å². The van der Waals surface area contributed by atoms with E-state index in [1.54, 1.807) is 0 Å². The van der Waals surface area contributed by atoms with E-state index in [-0.39, 0.29) is 0 Å². The molecule has 2 aromatic rings. The van der Waals surface area contributed by atoms with Crippen molar-refractivity contribution in [2.75, 3.05) is 30.3 Å². The predicted octanol–water partition coefficient (Wildman–Crippen LogP) is 5.87. The van der Waals surface area contributed by atoms with Crippen LogP contribution in [0.25, 0.3) is 0 Å². The van der Waals surface area contributed by atoms with Crippen LogP contribution in [0.15, 0.2) is 48.5 Å². The van der Waals surface area contributed by atoms with Crippen LogP contribution >= 0.6 is 0 Å². The van der Waals surface area contributed by atoms with Gasteiger partial charge in [0.2, 0.25) is 0 Å². The second kappa shape index (κ2) is 11.4. The van der Waals surface area contributed by atoms with Crippen LogP contribution in [-0.4, -0.2) is 19.7 Å². The summed E-state index contributed by atoms with van der Waals surface area (Å²) in [4.78, 5) is 0. The molecule has 3 heteroatoms. The van der Waals surface area contributed by atoms with Gasteiger partial charge in [0.05, 0.1) is 6.61 Å². The van der Waals surface area contributed by atoms with Crippen molar-refractivity contribution in [3.05, 3.63) is 54.1 Å². The number of hydrogen-bond donors (Lipinski definition) is 2. The lowest BCUT2D eigenvalue weighted by Gasteiger charge is -2.11. The maximum Gasteiger partial charge on any atom is 0.121 e. The van der Waals surface area contributed by atoms with Crippen LogP contribution in [0.2, 0.25) is 0 Å². The van der Waals surface area contributed by atoms with Crippen molar-refractivity contribution in [1.29, 1.82) is 0 Å². The number of anilines is 2. The summed E-state index contributed by atoms with van der Waals surface area (Å²) >= 11 is 0. The number of ether oxygens (including phenoxy) is 1. The minimum atomic E-state index is 0.808. The van der Waals surface area contributed by atoms with Crippen molar-refractivity contribution in [3.63, 3.8) is 0 Å². The predicted molar refractivity (Wildman–Crippen MR) is 109 cm³/mol. The zero-order valence-corrected chi connectivity index (χ0v) is 15.7. The third-order valence-corrected chi connectivity index (χ3v) is 4.15. The molecule has 0 aliphatic heterocycles. The van der Waals surface area contributed by atoms with Crippen LogP contribution in [0.1, 0.15) is 44.6 Å². The molecule has 0 atom stereocenters. The Hall–Kier alpha value is -2.16. The number of unbranched alkanes of at least 4 members (excludes halogenated alkanes) is 4. The van der Waals surface area contributed by atoms with E-state index in [0.29, 0.717) is 0 Å². The Labute approximate surface area is 152 Å². The summed E-state index contributed by atoms with van der Waals surface area (Å²) in [5, 5.41) is 6.88. The molecule has 2 aromatic carbocycles. The molecule has 0 fully saturated rings. The summed E-state index contributed by atoms with van der Waals surface area (Å²) < 4.78 is 5.86. The van der Waals surface area contributed by atoms with Gasteiger partial charge in [0.15, 0.2) is 0 Å². The van der Waals surface area contributed by atoms with Gasteiger partial charge >= 0.3 is 0 Å². The molecule has 0 amide bonds. The molecule has 136 valence electrons. The van der Waals surface area contributed by atoms with Crippen LogP contribution in [0.5, 0.6) is 5.75 Å². The summed E-state index contributed by atoms with van der Waals surface area (Å²) in [5.74, 6) is 0.951. The molecule has 25 heavy (non-hydrogen) atoms. The first-order chi connectivity index (χ1) is 12.3. The topological polar surface area (TPSA) is 33.3 Å². The number of aryl methyl sites for hydroxylation is 1. The van der Waals surface area contributed by atoms with Crippen molar-refractivity contribution in [3.8, 4) is 5.75 Å². The maximum absolute atomic E-state index is 5.86. The normalized spacial score (nSPS) is 10.5. The highest BCUT2D eigenvalue weighted by Gasteiger charge is 1.98. The van der Waals surface area contributed by atoms with Crippen LogP contribution in [0.4, 0.5) is 11.4 Å². The molecule has 2 rings (SSSR count). The summed E-state index contributed by atoms with van der Waals surface area (Å²) in [6.45, 7) is 6.91. The van der Waals surface area contributed by atoms with Crippen molar-refractivity contribution in [2.45, 2.75) is 46.0 Å². The molecular formula is C22H32N2O. The van der Waals surface area contributed by atoms with E-state index >= 15 is 0 Å². The van der Waals surface area contributed by atoms with E-state index in [2.05, 4.69) is 60.9 Å². The van der Waals surface area contributed by atoms with Crippen LogP contribution in [0.3, 0.4) is 0 Å². The summed E-state index contributed by atoms with van der Waals surface area (Å²) in [5.41, 5.74) is 3.55. The third-order valence-electron chi connectivity index (χ3n) is 4.15. The van der Waals surface area contributed by atoms with Gasteiger partial charge in [0.25, 0.3) is 0 Å². The number of hydrogen-bond acceptors (Lipinski definition) is 3. The zero-order valence-electron chi connectivity index (χ0n) is 15.7. The Morgan fingerprint density at radius 3 is 2.20 bits per heavy atom. The SMILES string of the molecule is CCCCCCCOc1cccc(NCCNc2cccc(C)c2)c1. The van der Waals surface area contributed by atoms with Gasteiger partial charge in [-0.3, -0.25) is 0 Å². The first kappa shape index (κ1) is 19.2. The fourth-order valence-electron chi connectivity index (χ4n) is 2.76. The highest BCUT2D eigenvalue weighted by molar-refractivity contribution is 5.49. The van der Waals surface area contributed by atoms with E-state index in [0.717, 1.165) is 37.6 Å². The Balaban J connectivity index is 1.65.